The van der Waals surface area contributed by atoms with Crippen LogP contribution in [0.25, 0.3) is 22.2 Å². The Labute approximate surface area is 156 Å². The average Bonchev–Trinajstić information content (AvgIpc) is 2.54. The van der Waals surface area contributed by atoms with Gasteiger partial charge in [-0.25, -0.2) is 0 Å². The first-order chi connectivity index (χ1) is 10.6. The first kappa shape index (κ1) is 20.9. The smallest absolute Gasteiger partial charge is 0.753 e. The van der Waals surface area contributed by atoms with Crippen molar-refractivity contribution in [3.05, 3.63) is 58.6 Å². The van der Waals surface area contributed by atoms with Gasteiger partial charge < -0.3 is 10.8 Å². The summed E-state index contributed by atoms with van der Waals surface area (Å²) in [5, 5.41) is 16.9. The van der Waals surface area contributed by atoms with Crippen molar-refractivity contribution in [2.24, 2.45) is 0 Å². The van der Waals surface area contributed by atoms with E-state index in [2.05, 4.69) is 34.4 Å². The van der Waals surface area contributed by atoms with Crippen molar-refractivity contribution in [2.45, 2.75) is 0 Å². The Hall–Kier alpha value is -2.07. The summed E-state index contributed by atoms with van der Waals surface area (Å²) in [6, 6.07) is 6.47. The van der Waals surface area contributed by atoms with E-state index in [0.29, 0.717) is 22.5 Å². The van der Waals surface area contributed by atoms with Crippen LogP contribution in [0, 0.1) is 0 Å². The van der Waals surface area contributed by atoms with Gasteiger partial charge in [0.1, 0.15) is 11.4 Å². The van der Waals surface area contributed by atoms with Gasteiger partial charge in [-0.05, 0) is 24.3 Å². The van der Waals surface area contributed by atoms with E-state index in [9.17, 15) is 9.59 Å². The van der Waals surface area contributed by atoms with E-state index in [1.54, 1.807) is 36.7 Å². The number of carbonyl (C=O) groups is 2. The van der Waals surface area contributed by atoms with Crippen LogP contribution in [0.2, 0.25) is 0 Å². The largest absolute Gasteiger partial charge is 2.00 e. The van der Waals surface area contributed by atoms with Gasteiger partial charge >= 0.3 is 21.1 Å². The normalized spacial score (nSPS) is 9.91. The fourth-order valence-electron chi connectivity index (χ4n) is 1.80. The molecule has 0 unspecified atom stereocenters. The SMILES string of the molecule is O=C1C(=O)c2cccnc2-c2ncccc21.[N-]=C=S.[N-]=C=S.[Pt+2]. The van der Waals surface area contributed by atoms with Crippen LogP contribution in [0.4, 0.5) is 0 Å². The van der Waals surface area contributed by atoms with E-state index in [4.69, 9.17) is 10.8 Å². The second-order valence-corrected chi connectivity index (χ2v) is 4.01. The van der Waals surface area contributed by atoms with E-state index in [1.807, 2.05) is 0 Å². The second kappa shape index (κ2) is 10.6. The minimum absolute atomic E-state index is 0. The van der Waals surface area contributed by atoms with Gasteiger partial charge in [-0.2, -0.15) is 10.3 Å². The van der Waals surface area contributed by atoms with Crippen molar-refractivity contribution in [1.29, 1.82) is 0 Å². The van der Waals surface area contributed by atoms with Crippen molar-refractivity contribution in [3.8, 4) is 11.4 Å². The molecule has 0 N–H and O–H groups in total. The van der Waals surface area contributed by atoms with Crippen molar-refractivity contribution >= 4 is 46.3 Å². The van der Waals surface area contributed by atoms with E-state index in [-0.39, 0.29) is 21.1 Å². The van der Waals surface area contributed by atoms with Gasteiger partial charge in [0, 0.05) is 12.4 Å². The van der Waals surface area contributed by atoms with Gasteiger partial charge in [-0.3, -0.25) is 19.6 Å². The fourth-order valence-corrected chi connectivity index (χ4v) is 1.80. The summed E-state index contributed by atoms with van der Waals surface area (Å²) in [5.41, 5.74) is 1.64. The molecular weight excluding hydrogens is 515 g/mol. The molecule has 1 aliphatic carbocycles. The van der Waals surface area contributed by atoms with E-state index in [0.717, 1.165) is 0 Å². The van der Waals surface area contributed by atoms with E-state index < -0.39 is 11.6 Å². The van der Waals surface area contributed by atoms with Crippen molar-refractivity contribution in [3.63, 3.8) is 0 Å². The molecule has 0 bridgehead atoms. The van der Waals surface area contributed by atoms with Crippen LogP contribution in [0.15, 0.2) is 36.7 Å². The zero-order valence-electron chi connectivity index (χ0n) is 11.2. The molecule has 0 spiro atoms. The second-order valence-electron chi connectivity index (χ2n) is 3.64. The monoisotopic (exact) mass is 521 g/mol. The van der Waals surface area contributed by atoms with Crippen LogP contribution in [-0.4, -0.2) is 31.9 Å². The number of ketones is 2. The first-order valence-electron chi connectivity index (χ1n) is 5.64. The molecule has 1 aliphatic rings. The van der Waals surface area contributed by atoms with Crippen LogP contribution in [0.5, 0.6) is 0 Å². The molecule has 2 heterocycles. The molecule has 0 radical (unpaired) electrons. The van der Waals surface area contributed by atoms with Gasteiger partial charge in [0.25, 0.3) is 0 Å². The van der Waals surface area contributed by atoms with Gasteiger partial charge in [0.05, 0.1) is 11.1 Å². The molecule has 3 rings (SSSR count). The van der Waals surface area contributed by atoms with Crippen molar-refractivity contribution < 1.29 is 30.7 Å². The molecule has 9 heteroatoms. The minimum atomic E-state index is -0.511. The zero-order chi connectivity index (χ0) is 16.5. The third-order valence-corrected chi connectivity index (χ3v) is 2.54. The summed E-state index contributed by atoms with van der Waals surface area (Å²) >= 11 is 7.40. The van der Waals surface area contributed by atoms with Crippen LogP contribution < -0.4 is 0 Å². The number of carbonyl (C=O) groups excluding carboxylic acids is 2. The summed E-state index contributed by atoms with van der Waals surface area (Å²) in [6.45, 7) is 0. The quantitative estimate of drug-likeness (QED) is 0.300. The Morgan fingerprint density at radius 2 is 1.13 bits per heavy atom. The average molecular weight is 521 g/mol. The van der Waals surface area contributed by atoms with Gasteiger partial charge in [0.2, 0.25) is 11.6 Å². The van der Waals surface area contributed by atoms with Gasteiger partial charge in [0.15, 0.2) is 0 Å². The molecule has 0 aliphatic heterocycles. The Balaban J connectivity index is 0.000000610. The number of nitrogens with zero attached hydrogens (tertiary/aromatic N) is 4. The van der Waals surface area contributed by atoms with Crippen LogP contribution in [0.3, 0.4) is 0 Å². The molecule has 0 fully saturated rings. The molecular formula is C14H6N4O2PtS2. The number of Topliss-reactive ketones (excluding diaryl/α,β-unsaturated/α-hetero) is 2. The number of thiocarbonyl (C=S) groups is 2. The zero-order valence-corrected chi connectivity index (χ0v) is 15.1. The molecule has 0 saturated carbocycles. The fraction of sp³-hybridized carbons (Fsp3) is 0. The molecule has 2 aromatic rings. The molecule has 0 aromatic carbocycles. The number of hydrogen-bond donors (Lipinski definition) is 0. The molecule has 0 saturated heterocycles. The summed E-state index contributed by atoms with van der Waals surface area (Å²) in [6.07, 6.45) is 3.17. The van der Waals surface area contributed by atoms with Crippen LogP contribution in [0.1, 0.15) is 20.7 Å². The standard InChI is InChI=1S/C12H6N2O2.2CNS.Pt/c15-11-7-3-1-5-13-9(7)10-8(12(11)16)4-2-6-14-10;2*2-1-3;/h1-6H;;;/q;2*-1;+2. The molecule has 0 amide bonds. The Morgan fingerprint density at radius 3 is 1.43 bits per heavy atom. The molecule has 116 valence electrons. The van der Waals surface area contributed by atoms with Crippen LogP contribution >= 0.6 is 24.4 Å². The molecule has 23 heavy (non-hydrogen) atoms. The number of isothiocyanates is 2. The number of aromatic nitrogens is 2. The van der Waals surface area contributed by atoms with Crippen LogP contribution in [-0.2, 0) is 21.1 Å². The Morgan fingerprint density at radius 1 is 0.826 bits per heavy atom. The van der Waals surface area contributed by atoms with E-state index in [1.165, 1.54) is 10.3 Å². The van der Waals surface area contributed by atoms with Gasteiger partial charge in [-0.1, -0.05) is 24.4 Å². The maximum Gasteiger partial charge on any atom is 2.00 e. The Bertz CT molecular complexity index is 731. The molecule has 2 aromatic heterocycles. The summed E-state index contributed by atoms with van der Waals surface area (Å²) in [4.78, 5) is 31.7. The summed E-state index contributed by atoms with van der Waals surface area (Å²) in [5.74, 6) is -1.02. The van der Waals surface area contributed by atoms with Crippen molar-refractivity contribution in [1.82, 2.24) is 9.97 Å². The third kappa shape index (κ3) is 4.96. The predicted octanol–water partition coefficient (Wildman–Crippen LogP) is 2.84. The van der Waals surface area contributed by atoms with Gasteiger partial charge in [-0.15, -0.1) is 0 Å². The number of pyridine rings is 2. The predicted molar refractivity (Wildman–Crippen MR) is 88.0 cm³/mol. The summed E-state index contributed by atoms with van der Waals surface area (Å²) < 4.78 is 0. The van der Waals surface area contributed by atoms with E-state index >= 15 is 0 Å². The Kier molecular flexibility index (Phi) is 9.66. The van der Waals surface area contributed by atoms with Crippen molar-refractivity contribution in [2.75, 3.05) is 0 Å². The minimum Gasteiger partial charge on any atom is -0.753 e. The number of rotatable bonds is 0. The topological polar surface area (TPSA) is 105 Å². The molecule has 0 atom stereocenters. The number of hydrogen-bond acceptors (Lipinski definition) is 6. The number of fused-ring (bicyclic) bond motifs is 3. The maximum atomic E-state index is 11.8. The summed E-state index contributed by atoms with van der Waals surface area (Å²) in [7, 11) is 0. The first-order valence-corrected chi connectivity index (χ1v) is 6.45. The molecule has 6 nitrogen and oxygen atoms in total. The third-order valence-electron chi connectivity index (χ3n) is 2.54. The maximum absolute atomic E-state index is 11.8.